The van der Waals surface area contributed by atoms with Crippen LogP contribution in [0.15, 0.2) is 50.5 Å². The normalized spacial score (nSPS) is 11.1. The highest BCUT2D eigenvalue weighted by atomic mass is 79.9. The van der Waals surface area contributed by atoms with E-state index in [4.69, 9.17) is 9.47 Å². The van der Waals surface area contributed by atoms with Crippen molar-refractivity contribution in [2.45, 2.75) is 13.1 Å². The van der Waals surface area contributed by atoms with Crippen LogP contribution in [0.5, 0.6) is 17.2 Å². The number of carbonyl (C=O) groups excluding carboxylic acids is 1. The molecule has 1 aromatic heterocycles. The first-order valence-corrected chi connectivity index (χ1v) is 10.4. The molecule has 0 saturated heterocycles. The van der Waals surface area contributed by atoms with E-state index in [1.54, 1.807) is 0 Å². The van der Waals surface area contributed by atoms with E-state index in [0.29, 0.717) is 0 Å². The third kappa shape index (κ3) is 5.43. The zero-order valence-electron chi connectivity index (χ0n) is 17.9. The number of rotatable bonds is 6. The summed E-state index contributed by atoms with van der Waals surface area (Å²) < 4.78 is 65.6. The van der Waals surface area contributed by atoms with Crippen LogP contribution >= 0.6 is 15.9 Å². The molecule has 0 unspecified atom stereocenters. The summed E-state index contributed by atoms with van der Waals surface area (Å²) in [6.07, 6.45) is -4.99. The number of Topliss-reactive ketones (excluding diaryl/α,β-unsaturated/α-hetero) is 1. The van der Waals surface area contributed by atoms with Crippen LogP contribution in [0.2, 0.25) is 0 Å². The molecule has 182 valence electrons. The number of ether oxygens (including phenoxy) is 2. The van der Waals surface area contributed by atoms with E-state index in [2.05, 4.69) is 15.9 Å². The number of carbonyl (C=O) groups is 1. The topological polar surface area (TPSA) is 103 Å². The fourth-order valence-electron chi connectivity index (χ4n) is 2.96. The van der Waals surface area contributed by atoms with Gasteiger partial charge in [-0.1, -0.05) is 0 Å². The molecular formula is C22H14BrF4N3O5. The molecule has 35 heavy (non-hydrogen) atoms. The van der Waals surface area contributed by atoms with Gasteiger partial charge in [0.2, 0.25) is 0 Å². The Bertz CT molecular complexity index is 1490. The number of alkyl halides is 3. The fourth-order valence-corrected chi connectivity index (χ4v) is 3.36. The lowest BCUT2D eigenvalue weighted by Crippen LogP contribution is -2.41. The first-order valence-electron chi connectivity index (χ1n) is 9.57. The molecule has 8 nitrogen and oxygen atoms in total. The lowest BCUT2D eigenvalue weighted by Gasteiger charge is -2.16. The third-order valence-electron chi connectivity index (χ3n) is 4.58. The summed E-state index contributed by atoms with van der Waals surface area (Å²) in [5.41, 5.74) is -4.87. The maximum Gasteiger partial charge on any atom is 0.431 e. The van der Waals surface area contributed by atoms with Crippen LogP contribution < -0.4 is 20.7 Å². The molecule has 0 atom stereocenters. The molecule has 2 aromatic carbocycles. The Hall–Kier alpha value is -3.92. The number of benzene rings is 2. The predicted octanol–water partition coefficient (Wildman–Crippen LogP) is 4.09. The maximum atomic E-state index is 14.8. The van der Waals surface area contributed by atoms with Gasteiger partial charge in [0.1, 0.15) is 23.9 Å². The molecule has 1 heterocycles. The monoisotopic (exact) mass is 555 g/mol. The molecule has 0 radical (unpaired) electrons. The Balaban J connectivity index is 2.16. The van der Waals surface area contributed by atoms with Crippen LogP contribution in [0.3, 0.4) is 0 Å². The first kappa shape index (κ1) is 25.7. The zero-order chi connectivity index (χ0) is 26.1. The minimum Gasteiger partial charge on any atom is -0.482 e. The van der Waals surface area contributed by atoms with Gasteiger partial charge in [-0.3, -0.25) is 14.2 Å². The summed E-state index contributed by atoms with van der Waals surface area (Å²) in [5.74, 6) is -1.58. The van der Waals surface area contributed by atoms with E-state index in [0.717, 1.165) is 19.2 Å². The number of ketones is 1. The van der Waals surface area contributed by atoms with Gasteiger partial charge in [-0.2, -0.15) is 18.4 Å². The molecule has 0 fully saturated rings. The molecule has 0 aliphatic rings. The lowest BCUT2D eigenvalue weighted by atomic mass is 10.2. The van der Waals surface area contributed by atoms with Crippen molar-refractivity contribution in [1.29, 1.82) is 5.26 Å². The minimum atomic E-state index is -4.99. The molecular weight excluding hydrogens is 542 g/mol. The summed E-state index contributed by atoms with van der Waals surface area (Å²) in [5, 5.41) is 9.17. The third-order valence-corrected chi connectivity index (χ3v) is 5.20. The van der Waals surface area contributed by atoms with Crippen LogP contribution in [0.25, 0.3) is 5.69 Å². The molecule has 0 spiro atoms. The van der Waals surface area contributed by atoms with Crippen LogP contribution in [-0.4, -0.2) is 21.5 Å². The molecule has 13 heteroatoms. The van der Waals surface area contributed by atoms with E-state index >= 15 is 0 Å². The minimum absolute atomic E-state index is 0.00964. The van der Waals surface area contributed by atoms with Gasteiger partial charge >= 0.3 is 11.9 Å². The van der Waals surface area contributed by atoms with E-state index in [1.807, 2.05) is 6.07 Å². The van der Waals surface area contributed by atoms with E-state index in [1.165, 1.54) is 25.1 Å². The fraction of sp³-hybridized carbons (Fsp3) is 0.182. The number of nitrogens with zero attached hydrogens (tertiary/aromatic N) is 3. The van der Waals surface area contributed by atoms with Gasteiger partial charge in [0, 0.05) is 25.2 Å². The maximum absolute atomic E-state index is 14.8. The number of hydrogen-bond acceptors (Lipinski definition) is 6. The van der Waals surface area contributed by atoms with Crippen molar-refractivity contribution < 1.29 is 31.8 Å². The van der Waals surface area contributed by atoms with Crippen molar-refractivity contribution in [3.63, 3.8) is 0 Å². The second-order valence-electron chi connectivity index (χ2n) is 7.14. The van der Waals surface area contributed by atoms with Crippen molar-refractivity contribution >= 4 is 21.7 Å². The standard InChI is InChI=1S/C22H14BrF4N3O5/c1-11(31)10-34-16-4-3-12(9-28)5-18(16)35-17-7-15(14(24)6-13(17)23)30-20(32)8-19(22(25,26)27)29(2)21(30)33/h3-8H,10H2,1-2H3. The average molecular weight is 556 g/mol. The number of aromatic nitrogens is 2. The van der Waals surface area contributed by atoms with E-state index < -0.39 is 34.6 Å². The van der Waals surface area contributed by atoms with E-state index in [-0.39, 0.29) is 54.9 Å². The van der Waals surface area contributed by atoms with Gasteiger partial charge in [-0.15, -0.1) is 0 Å². The number of nitriles is 1. The van der Waals surface area contributed by atoms with Crippen LogP contribution in [-0.2, 0) is 18.0 Å². The summed E-state index contributed by atoms with van der Waals surface area (Å²) in [6, 6.07) is 7.87. The van der Waals surface area contributed by atoms with Crippen molar-refractivity contribution in [2.24, 2.45) is 7.05 Å². The lowest BCUT2D eigenvalue weighted by molar-refractivity contribution is -0.144. The quantitative estimate of drug-likeness (QED) is 0.424. The number of halogens is 5. The first-order chi connectivity index (χ1) is 16.3. The molecule has 3 aromatic rings. The highest BCUT2D eigenvalue weighted by Crippen LogP contribution is 2.38. The molecule has 0 N–H and O–H groups in total. The van der Waals surface area contributed by atoms with Crippen LogP contribution in [0, 0.1) is 17.1 Å². The Labute approximate surface area is 202 Å². The second-order valence-corrected chi connectivity index (χ2v) is 8.00. The second kappa shape index (κ2) is 9.75. The van der Waals surface area contributed by atoms with Crippen LogP contribution in [0.4, 0.5) is 17.6 Å². The summed E-state index contributed by atoms with van der Waals surface area (Å²) in [6.45, 7) is 0.977. The van der Waals surface area contributed by atoms with Gasteiger partial charge in [0.15, 0.2) is 17.3 Å². The smallest absolute Gasteiger partial charge is 0.431 e. The van der Waals surface area contributed by atoms with Gasteiger partial charge in [-0.25, -0.2) is 13.8 Å². The average Bonchev–Trinajstić information content (AvgIpc) is 2.77. The van der Waals surface area contributed by atoms with Gasteiger partial charge in [0.25, 0.3) is 5.56 Å². The van der Waals surface area contributed by atoms with Crippen LogP contribution in [0.1, 0.15) is 18.2 Å². The summed E-state index contributed by atoms with van der Waals surface area (Å²) >= 11 is 3.08. The predicted molar refractivity (Wildman–Crippen MR) is 117 cm³/mol. The van der Waals surface area contributed by atoms with Gasteiger partial charge in [0.05, 0.1) is 21.8 Å². The Morgan fingerprint density at radius 2 is 1.80 bits per heavy atom. The van der Waals surface area contributed by atoms with Crippen molar-refractivity contribution in [3.05, 3.63) is 78.8 Å². The van der Waals surface area contributed by atoms with Crippen molar-refractivity contribution in [2.75, 3.05) is 6.61 Å². The molecule has 0 aliphatic carbocycles. The molecule has 0 saturated carbocycles. The summed E-state index contributed by atoms with van der Waals surface area (Å²) in [7, 11) is 0.793. The molecule has 0 aliphatic heterocycles. The van der Waals surface area contributed by atoms with Gasteiger partial charge in [-0.05, 0) is 41.1 Å². The molecule has 3 rings (SSSR count). The molecule has 0 bridgehead atoms. The van der Waals surface area contributed by atoms with Gasteiger partial charge < -0.3 is 9.47 Å². The van der Waals surface area contributed by atoms with Crippen molar-refractivity contribution in [1.82, 2.24) is 9.13 Å². The molecule has 0 amide bonds. The Morgan fingerprint density at radius 3 is 2.40 bits per heavy atom. The van der Waals surface area contributed by atoms with Crippen molar-refractivity contribution in [3.8, 4) is 29.0 Å². The largest absolute Gasteiger partial charge is 0.482 e. The Kier molecular flexibility index (Phi) is 7.16. The van der Waals surface area contributed by atoms with E-state index in [9.17, 15) is 37.2 Å². The Morgan fingerprint density at radius 1 is 1.11 bits per heavy atom. The highest BCUT2D eigenvalue weighted by Gasteiger charge is 2.35. The SMILES string of the molecule is CC(=O)COc1ccc(C#N)cc1Oc1cc(-n2c(=O)cc(C(F)(F)F)n(C)c2=O)c(F)cc1Br. The number of hydrogen-bond donors (Lipinski definition) is 0. The summed E-state index contributed by atoms with van der Waals surface area (Å²) in [4.78, 5) is 36.2. The zero-order valence-corrected chi connectivity index (χ0v) is 19.5. The highest BCUT2D eigenvalue weighted by molar-refractivity contribution is 9.10.